The summed E-state index contributed by atoms with van der Waals surface area (Å²) < 4.78 is 1.03. The fourth-order valence-electron chi connectivity index (χ4n) is 1.76. The van der Waals surface area contributed by atoms with Crippen LogP contribution >= 0.6 is 22.6 Å². The molecule has 2 N–H and O–H groups in total. The maximum atomic E-state index is 5.61. The van der Waals surface area contributed by atoms with Crippen molar-refractivity contribution in [1.82, 2.24) is 9.97 Å². The summed E-state index contributed by atoms with van der Waals surface area (Å²) in [6, 6.07) is 8.37. The molecule has 5 heteroatoms. The first-order chi connectivity index (χ1) is 9.20. The van der Waals surface area contributed by atoms with Crippen LogP contribution in [0.25, 0.3) is 0 Å². The van der Waals surface area contributed by atoms with Crippen molar-refractivity contribution in [2.75, 3.05) is 18.0 Å². The Hall–Kier alpha value is -1.21. The van der Waals surface area contributed by atoms with Gasteiger partial charge in [0.2, 0.25) is 5.95 Å². The van der Waals surface area contributed by atoms with Crippen LogP contribution in [0.5, 0.6) is 0 Å². The van der Waals surface area contributed by atoms with Crippen LogP contribution in [-0.4, -0.2) is 23.1 Å². The number of hydrogen-bond donors (Lipinski definition) is 1. The van der Waals surface area contributed by atoms with Crippen molar-refractivity contribution in [3.05, 3.63) is 45.8 Å². The van der Waals surface area contributed by atoms with E-state index in [1.807, 2.05) is 12.4 Å². The van der Waals surface area contributed by atoms with Crippen LogP contribution in [0.2, 0.25) is 0 Å². The van der Waals surface area contributed by atoms with Crippen LogP contribution < -0.4 is 10.6 Å². The minimum atomic E-state index is 0.659. The number of aromatic nitrogens is 2. The van der Waals surface area contributed by atoms with Crippen LogP contribution in [-0.2, 0) is 0 Å². The van der Waals surface area contributed by atoms with Gasteiger partial charge in [-0.3, -0.25) is 0 Å². The smallest absolute Gasteiger partial charge is 0.229 e. The van der Waals surface area contributed by atoms with Gasteiger partial charge in [-0.1, -0.05) is 17.7 Å². The molecule has 0 bridgehead atoms. The average molecular weight is 368 g/mol. The normalized spacial score (nSPS) is 10.5. The summed E-state index contributed by atoms with van der Waals surface area (Å²) in [6.45, 7) is 3.56. The second-order valence-electron chi connectivity index (χ2n) is 4.33. The van der Waals surface area contributed by atoms with Crippen LogP contribution in [0.3, 0.4) is 0 Å². The Labute approximate surface area is 127 Å². The lowest BCUT2D eigenvalue weighted by molar-refractivity contribution is 0.798. The molecule has 1 heterocycles. The monoisotopic (exact) mass is 368 g/mol. The number of aryl methyl sites for hydroxylation is 1. The maximum absolute atomic E-state index is 5.61. The average Bonchev–Trinajstić information content (AvgIpc) is 2.43. The number of nitrogens with two attached hydrogens (primary N) is 1. The fraction of sp³-hybridized carbons (Fsp3) is 0.286. The Bertz CT molecular complexity index is 464. The Morgan fingerprint density at radius 3 is 2.37 bits per heavy atom. The third-order valence-corrected chi connectivity index (χ3v) is 3.34. The molecule has 1 aromatic carbocycles. The highest BCUT2D eigenvalue weighted by Gasteiger charge is 2.11. The molecule has 19 heavy (non-hydrogen) atoms. The van der Waals surface area contributed by atoms with Gasteiger partial charge in [-0.15, -0.1) is 0 Å². The molecule has 0 fully saturated rings. The summed E-state index contributed by atoms with van der Waals surface area (Å²) in [5, 5.41) is 0. The molecular formula is C14H17IN4. The lowest BCUT2D eigenvalue weighted by Crippen LogP contribution is -2.22. The van der Waals surface area contributed by atoms with Crippen molar-refractivity contribution in [3.63, 3.8) is 0 Å². The Kier molecular flexibility index (Phi) is 5.09. The first-order valence-electron chi connectivity index (χ1n) is 6.22. The van der Waals surface area contributed by atoms with Gasteiger partial charge in [0.1, 0.15) is 0 Å². The first kappa shape index (κ1) is 14.2. The lowest BCUT2D eigenvalue weighted by Gasteiger charge is -2.22. The van der Waals surface area contributed by atoms with E-state index in [2.05, 4.69) is 68.6 Å². The fourth-order valence-corrected chi connectivity index (χ4v) is 2.04. The molecule has 0 aliphatic carbocycles. The number of rotatable bonds is 5. The van der Waals surface area contributed by atoms with Crippen molar-refractivity contribution < 1.29 is 0 Å². The van der Waals surface area contributed by atoms with E-state index in [1.54, 1.807) is 0 Å². The Morgan fingerprint density at radius 1 is 1.16 bits per heavy atom. The molecule has 0 amide bonds. The molecule has 0 spiro atoms. The summed E-state index contributed by atoms with van der Waals surface area (Å²) in [4.78, 5) is 10.9. The van der Waals surface area contributed by atoms with Crippen molar-refractivity contribution >= 4 is 34.2 Å². The Morgan fingerprint density at radius 2 is 1.79 bits per heavy atom. The van der Waals surface area contributed by atoms with E-state index in [0.717, 1.165) is 28.2 Å². The van der Waals surface area contributed by atoms with Crippen LogP contribution in [0.1, 0.15) is 12.0 Å². The largest absolute Gasteiger partial charge is 0.330 e. The molecule has 0 aliphatic heterocycles. The standard InChI is InChI=1S/C14H17IN4/c1-11-3-5-13(6-4-11)19(8-2-7-16)14-17-9-12(15)10-18-14/h3-6,9-10H,2,7-8,16H2,1H3. The van der Waals surface area contributed by atoms with Gasteiger partial charge in [-0.25, -0.2) is 9.97 Å². The molecule has 0 radical (unpaired) electrons. The summed E-state index contributed by atoms with van der Waals surface area (Å²) in [5.41, 5.74) is 7.95. The van der Waals surface area contributed by atoms with Crippen molar-refractivity contribution in [2.45, 2.75) is 13.3 Å². The second-order valence-corrected chi connectivity index (χ2v) is 5.58. The molecule has 0 aliphatic rings. The van der Waals surface area contributed by atoms with Crippen molar-refractivity contribution in [2.24, 2.45) is 5.73 Å². The van der Waals surface area contributed by atoms with Crippen LogP contribution in [0.15, 0.2) is 36.7 Å². The van der Waals surface area contributed by atoms with E-state index in [-0.39, 0.29) is 0 Å². The van der Waals surface area contributed by atoms with Gasteiger partial charge in [0.25, 0.3) is 0 Å². The minimum absolute atomic E-state index is 0.659. The third-order valence-electron chi connectivity index (χ3n) is 2.78. The van der Waals surface area contributed by atoms with Crippen LogP contribution in [0, 0.1) is 10.5 Å². The topological polar surface area (TPSA) is 55.0 Å². The molecule has 0 unspecified atom stereocenters. The van der Waals surface area contributed by atoms with Gasteiger partial charge in [0, 0.05) is 28.2 Å². The number of nitrogens with zero attached hydrogens (tertiary/aromatic N) is 3. The Balaban J connectivity index is 2.29. The van der Waals surface area contributed by atoms with Gasteiger partial charge >= 0.3 is 0 Å². The highest BCUT2D eigenvalue weighted by molar-refractivity contribution is 14.1. The van der Waals surface area contributed by atoms with Crippen molar-refractivity contribution in [3.8, 4) is 0 Å². The number of hydrogen-bond acceptors (Lipinski definition) is 4. The zero-order chi connectivity index (χ0) is 13.7. The molecule has 1 aromatic heterocycles. The van der Waals surface area contributed by atoms with E-state index in [9.17, 15) is 0 Å². The summed E-state index contributed by atoms with van der Waals surface area (Å²) in [7, 11) is 0. The van der Waals surface area contributed by atoms with Gasteiger partial charge in [0.05, 0.1) is 0 Å². The van der Waals surface area contributed by atoms with Crippen molar-refractivity contribution in [1.29, 1.82) is 0 Å². The predicted octanol–water partition coefficient (Wildman–Crippen LogP) is 2.88. The highest BCUT2D eigenvalue weighted by Crippen LogP contribution is 2.22. The number of halogens is 1. The minimum Gasteiger partial charge on any atom is -0.330 e. The van der Waals surface area contributed by atoms with E-state index in [4.69, 9.17) is 5.73 Å². The lowest BCUT2D eigenvalue weighted by atomic mass is 10.2. The second kappa shape index (κ2) is 6.81. The summed E-state index contributed by atoms with van der Waals surface area (Å²) >= 11 is 2.20. The van der Waals surface area contributed by atoms with E-state index < -0.39 is 0 Å². The summed E-state index contributed by atoms with van der Waals surface area (Å²) in [5.74, 6) is 0.720. The third kappa shape index (κ3) is 3.87. The molecular weight excluding hydrogens is 351 g/mol. The molecule has 0 saturated carbocycles. The quantitative estimate of drug-likeness (QED) is 0.825. The molecule has 4 nitrogen and oxygen atoms in total. The highest BCUT2D eigenvalue weighted by atomic mass is 127. The molecule has 100 valence electrons. The van der Waals surface area contributed by atoms with E-state index >= 15 is 0 Å². The van der Waals surface area contributed by atoms with Gasteiger partial charge < -0.3 is 10.6 Å². The number of anilines is 2. The van der Waals surface area contributed by atoms with Crippen LogP contribution in [0.4, 0.5) is 11.6 Å². The first-order valence-corrected chi connectivity index (χ1v) is 7.30. The zero-order valence-electron chi connectivity index (χ0n) is 10.9. The molecule has 2 rings (SSSR count). The molecule has 0 saturated heterocycles. The van der Waals surface area contributed by atoms with Gasteiger partial charge in [0.15, 0.2) is 0 Å². The maximum Gasteiger partial charge on any atom is 0.229 e. The van der Waals surface area contributed by atoms with E-state index in [0.29, 0.717) is 6.54 Å². The van der Waals surface area contributed by atoms with E-state index in [1.165, 1.54) is 5.56 Å². The summed E-state index contributed by atoms with van der Waals surface area (Å²) in [6.07, 6.45) is 4.56. The zero-order valence-corrected chi connectivity index (χ0v) is 13.0. The SMILES string of the molecule is Cc1ccc(N(CCCN)c2ncc(I)cn2)cc1. The number of benzene rings is 1. The molecule has 0 atom stereocenters. The van der Waals surface area contributed by atoms with Gasteiger partial charge in [-0.2, -0.15) is 0 Å². The molecule has 2 aromatic rings. The predicted molar refractivity (Wildman–Crippen MR) is 86.6 cm³/mol. The van der Waals surface area contributed by atoms with Gasteiger partial charge in [-0.05, 0) is 54.6 Å².